The minimum absolute atomic E-state index is 0.0214. The summed E-state index contributed by atoms with van der Waals surface area (Å²) in [5, 5.41) is 7.55. The first-order valence-electron chi connectivity index (χ1n) is 8.55. The molecular weight excluding hydrogens is 390 g/mol. The summed E-state index contributed by atoms with van der Waals surface area (Å²) < 4.78 is 53.6. The zero-order chi connectivity index (χ0) is 19.9. The minimum atomic E-state index is -4.19. The standard InChI is InChI=1S/C18H16F2N4O3S/c19-12-5-6-14(20)16(11-12)28(26,27)24-9-7-23(8-10-24)18(25)17-13-3-1-2-4-15(13)21-22-17/h1-6,11H,7-10H2,(H,21,22). The van der Waals surface area contributed by atoms with Crippen LogP contribution in [0.5, 0.6) is 0 Å². The summed E-state index contributed by atoms with van der Waals surface area (Å²) in [6, 6.07) is 9.51. The lowest BCUT2D eigenvalue weighted by Crippen LogP contribution is -2.50. The molecule has 146 valence electrons. The van der Waals surface area contributed by atoms with Crippen LogP contribution in [0, 0.1) is 11.6 Å². The van der Waals surface area contributed by atoms with E-state index in [0.29, 0.717) is 11.5 Å². The van der Waals surface area contributed by atoms with Gasteiger partial charge in [0.25, 0.3) is 5.91 Å². The highest BCUT2D eigenvalue weighted by atomic mass is 32.2. The molecule has 1 amide bonds. The van der Waals surface area contributed by atoms with E-state index in [9.17, 15) is 22.0 Å². The fourth-order valence-electron chi connectivity index (χ4n) is 3.22. The van der Waals surface area contributed by atoms with Gasteiger partial charge in [-0.25, -0.2) is 17.2 Å². The largest absolute Gasteiger partial charge is 0.335 e. The number of para-hydroxylation sites is 1. The molecule has 0 bridgehead atoms. The first kappa shape index (κ1) is 18.5. The summed E-state index contributed by atoms with van der Waals surface area (Å²) in [4.78, 5) is 13.6. The van der Waals surface area contributed by atoms with Crippen LogP contribution in [0.15, 0.2) is 47.4 Å². The number of carbonyl (C=O) groups is 1. The zero-order valence-corrected chi connectivity index (χ0v) is 15.4. The second-order valence-electron chi connectivity index (χ2n) is 6.39. The van der Waals surface area contributed by atoms with Crippen LogP contribution in [0.25, 0.3) is 10.9 Å². The Kier molecular flexibility index (Phi) is 4.60. The first-order chi connectivity index (χ1) is 13.4. The summed E-state index contributed by atoms with van der Waals surface area (Å²) in [5.41, 5.74) is 0.997. The van der Waals surface area contributed by atoms with Gasteiger partial charge in [0, 0.05) is 31.6 Å². The number of nitrogens with zero attached hydrogens (tertiary/aromatic N) is 3. The molecule has 4 rings (SSSR count). The first-order valence-corrected chi connectivity index (χ1v) is 9.99. The molecule has 1 aliphatic heterocycles. The SMILES string of the molecule is O=C(c1n[nH]c2ccccc12)N1CCN(S(=O)(=O)c2cc(F)ccc2F)CC1. The summed E-state index contributed by atoms with van der Waals surface area (Å²) in [5.74, 6) is -2.16. The number of sulfonamides is 1. The van der Waals surface area contributed by atoms with Crippen molar-refractivity contribution in [3.8, 4) is 0 Å². The number of rotatable bonds is 3. The number of halogens is 2. The van der Waals surface area contributed by atoms with Gasteiger partial charge in [-0.3, -0.25) is 9.89 Å². The van der Waals surface area contributed by atoms with Crippen molar-refractivity contribution in [1.29, 1.82) is 0 Å². The lowest BCUT2D eigenvalue weighted by molar-refractivity contribution is 0.0693. The number of piperazine rings is 1. The van der Waals surface area contributed by atoms with Gasteiger partial charge in [-0.2, -0.15) is 9.40 Å². The Morgan fingerprint density at radius 2 is 1.75 bits per heavy atom. The van der Waals surface area contributed by atoms with Crippen LogP contribution in [0.3, 0.4) is 0 Å². The summed E-state index contributed by atoms with van der Waals surface area (Å²) >= 11 is 0. The monoisotopic (exact) mass is 406 g/mol. The van der Waals surface area contributed by atoms with Crippen LogP contribution >= 0.6 is 0 Å². The molecule has 3 aromatic rings. The predicted molar refractivity (Wildman–Crippen MR) is 97.1 cm³/mol. The Bertz CT molecular complexity index is 1150. The molecule has 28 heavy (non-hydrogen) atoms. The molecule has 10 heteroatoms. The number of hydrogen-bond acceptors (Lipinski definition) is 4. The van der Waals surface area contributed by atoms with E-state index >= 15 is 0 Å². The van der Waals surface area contributed by atoms with Crippen molar-refractivity contribution >= 4 is 26.8 Å². The highest BCUT2D eigenvalue weighted by molar-refractivity contribution is 7.89. The van der Waals surface area contributed by atoms with Gasteiger partial charge in [-0.05, 0) is 24.3 Å². The highest BCUT2D eigenvalue weighted by Crippen LogP contribution is 2.23. The second-order valence-corrected chi connectivity index (χ2v) is 8.30. The van der Waals surface area contributed by atoms with Gasteiger partial charge >= 0.3 is 0 Å². The number of aromatic nitrogens is 2. The van der Waals surface area contributed by atoms with Crippen molar-refractivity contribution in [2.45, 2.75) is 4.90 Å². The number of fused-ring (bicyclic) bond motifs is 1. The van der Waals surface area contributed by atoms with E-state index in [1.54, 1.807) is 18.2 Å². The third-order valence-corrected chi connectivity index (χ3v) is 6.62. The van der Waals surface area contributed by atoms with Crippen LogP contribution in [0.4, 0.5) is 8.78 Å². The van der Waals surface area contributed by atoms with Crippen molar-refractivity contribution in [2.24, 2.45) is 0 Å². The van der Waals surface area contributed by atoms with E-state index in [4.69, 9.17) is 0 Å². The topological polar surface area (TPSA) is 86.4 Å². The minimum Gasteiger partial charge on any atom is -0.335 e. The van der Waals surface area contributed by atoms with E-state index < -0.39 is 26.6 Å². The maximum absolute atomic E-state index is 13.9. The Labute approximate surface area is 159 Å². The summed E-state index contributed by atoms with van der Waals surface area (Å²) in [6.07, 6.45) is 0. The molecule has 1 fully saturated rings. The lowest BCUT2D eigenvalue weighted by Gasteiger charge is -2.33. The fourth-order valence-corrected chi connectivity index (χ4v) is 4.72. The number of amides is 1. The fraction of sp³-hybridized carbons (Fsp3) is 0.222. The van der Waals surface area contributed by atoms with E-state index in [1.165, 1.54) is 4.90 Å². The second kappa shape index (κ2) is 6.95. The molecule has 1 aromatic heterocycles. The molecule has 0 unspecified atom stereocenters. The smallest absolute Gasteiger partial charge is 0.275 e. The van der Waals surface area contributed by atoms with E-state index in [0.717, 1.165) is 22.0 Å². The Hall–Kier alpha value is -2.85. The van der Waals surface area contributed by atoms with E-state index in [1.807, 2.05) is 6.07 Å². The lowest BCUT2D eigenvalue weighted by atomic mass is 10.2. The number of nitrogens with one attached hydrogen (secondary N) is 1. The van der Waals surface area contributed by atoms with Gasteiger partial charge in [0.1, 0.15) is 16.5 Å². The molecule has 0 atom stereocenters. The number of hydrogen-bond donors (Lipinski definition) is 1. The van der Waals surface area contributed by atoms with Crippen molar-refractivity contribution in [3.05, 3.63) is 59.8 Å². The average molecular weight is 406 g/mol. The van der Waals surface area contributed by atoms with E-state index in [-0.39, 0.29) is 37.8 Å². The molecule has 1 aliphatic rings. The van der Waals surface area contributed by atoms with Gasteiger partial charge in [0.2, 0.25) is 10.0 Å². The molecule has 0 radical (unpaired) electrons. The maximum Gasteiger partial charge on any atom is 0.275 e. The van der Waals surface area contributed by atoms with E-state index in [2.05, 4.69) is 10.2 Å². The molecule has 2 aromatic carbocycles. The average Bonchev–Trinajstić information content (AvgIpc) is 3.13. The summed E-state index contributed by atoms with van der Waals surface area (Å²) in [7, 11) is -4.19. The molecule has 0 spiro atoms. The molecule has 1 saturated heterocycles. The van der Waals surface area contributed by atoms with Crippen LogP contribution in [0.1, 0.15) is 10.5 Å². The van der Waals surface area contributed by atoms with Gasteiger partial charge in [-0.1, -0.05) is 18.2 Å². The number of aromatic amines is 1. The molecule has 7 nitrogen and oxygen atoms in total. The normalized spacial score (nSPS) is 15.9. The third kappa shape index (κ3) is 3.14. The predicted octanol–water partition coefficient (Wildman–Crippen LogP) is 1.99. The number of benzene rings is 2. The number of carbonyl (C=O) groups excluding carboxylic acids is 1. The zero-order valence-electron chi connectivity index (χ0n) is 14.6. The molecule has 1 N–H and O–H groups in total. The van der Waals surface area contributed by atoms with Gasteiger partial charge in [0.15, 0.2) is 5.69 Å². The van der Waals surface area contributed by atoms with Crippen LogP contribution < -0.4 is 0 Å². The van der Waals surface area contributed by atoms with Crippen LogP contribution in [-0.2, 0) is 10.0 Å². The highest BCUT2D eigenvalue weighted by Gasteiger charge is 2.33. The Morgan fingerprint density at radius 1 is 1.04 bits per heavy atom. The third-order valence-electron chi connectivity index (χ3n) is 4.71. The maximum atomic E-state index is 13.9. The van der Waals surface area contributed by atoms with Crippen molar-refractivity contribution < 1.29 is 22.0 Å². The quantitative estimate of drug-likeness (QED) is 0.721. The van der Waals surface area contributed by atoms with Gasteiger partial charge in [0.05, 0.1) is 5.52 Å². The van der Waals surface area contributed by atoms with Crippen LogP contribution in [-0.4, -0.2) is 59.9 Å². The van der Waals surface area contributed by atoms with Crippen molar-refractivity contribution in [2.75, 3.05) is 26.2 Å². The van der Waals surface area contributed by atoms with Crippen LogP contribution in [0.2, 0.25) is 0 Å². The molecular formula is C18H16F2N4O3S. The van der Waals surface area contributed by atoms with Crippen molar-refractivity contribution in [3.63, 3.8) is 0 Å². The van der Waals surface area contributed by atoms with Crippen molar-refractivity contribution in [1.82, 2.24) is 19.4 Å². The summed E-state index contributed by atoms with van der Waals surface area (Å²) in [6.45, 7) is 0.200. The molecule has 2 heterocycles. The Morgan fingerprint density at radius 3 is 2.50 bits per heavy atom. The molecule has 0 aliphatic carbocycles. The Balaban J connectivity index is 1.51. The van der Waals surface area contributed by atoms with Gasteiger partial charge in [-0.15, -0.1) is 0 Å². The number of H-pyrrole nitrogens is 1. The molecule has 0 saturated carbocycles. The van der Waals surface area contributed by atoms with Gasteiger partial charge < -0.3 is 4.90 Å².